The monoisotopic (exact) mass is 840 g/mol. The minimum absolute atomic E-state index is 0. The van der Waals surface area contributed by atoms with Crippen LogP contribution in [0.2, 0.25) is 10.0 Å². The van der Waals surface area contributed by atoms with Gasteiger partial charge in [-0.1, -0.05) is 37.6 Å². The Hall–Kier alpha value is -5.03. The quantitative estimate of drug-likeness (QED) is 0.135. The molecule has 2 aliphatic rings. The smallest absolute Gasteiger partial charge is 0.224 e. The molecule has 4 heterocycles. The normalized spacial score (nSPS) is 14.8. The number of hydrogen-bond acceptors (Lipinski definition) is 13. The minimum atomic E-state index is -1.30. The van der Waals surface area contributed by atoms with Gasteiger partial charge in [0.25, 0.3) is 0 Å². The summed E-state index contributed by atoms with van der Waals surface area (Å²) in [5, 5.41) is 4.46. The van der Waals surface area contributed by atoms with E-state index in [4.69, 9.17) is 40.4 Å². The van der Waals surface area contributed by atoms with E-state index >= 15 is 0 Å². The fourth-order valence-corrected chi connectivity index (χ4v) is 6.56. The first-order valence-electron chi connectivity index (χ1n) is 17.9. The van der Waals surface area contributed by atoms with Crippen LogP contribution in [0.5, 0.6) is 0 Å². The van der Waals surface area contributed by atoms with Crippen LogP contribution in [0.4, 0.5) is 17.6 Å². The Kier molecular flexibility index (Phi) is 17.9. The van der Waals surface area contributed by atoms with Gasteiger partial charge in [0.2, 0.25) is 22.9 Å². The summed E-state index contributed by atoms with van der Waals surface area (Å²) < 4.78 is 11.6. The zero-order valence-electron chi connectivity index (χ0n) is 31.4. The lowest BCUT2D eigenvalue weighted by atomic mass is 10.0. The van der Waals surface area contributed by atoms with Gasteiger partial charge in [-0.3, -0.25) is 23.4 Å². The third-order valence-corrected chi connectivity index (χ3v) is 10.7. The molecule has 2 aromatic heterocycles. The molecule has 18 heteroatoms. The van der Waals surface area contributed by atoms with Gasteiger partial charge in [0, 0.05) is 91.4 Å². The first-order valence-corrected chi connectivity index (χ1v) is 20.0. The van der Waals surface area contributed by atoms with Gasteiger partial charge in [0.05, 0.1) is 21.9 Å². The SMILES string of the molecule is C.CC(=O)N1CCC(N)CC1.CC(=O)N1CCC(Nc2ncc(C(=O)c3ccc(Cl)cc3)c(N)n2)CC1.CCS(=O)c1ncc(C(=O)c2ccc(Cl)cc2)c(N)n1. The van der Waals surface area contributed by atoms with Crippen molar-refractivity contribution in [2.75, 3.05) is 48.7 Å². The summed E-state index contributed by atoms with van der Waals surface area (Å²) in [5.74, 6) is 0.649. The van der Waals surface area contributed by atoms with Crippen LogP contribution in [0, 0.1) is 0 Å². The van der Waals surface area contributed by atoms with Gasteiger partial charge in [-0.15, -0.1) is 0 Å². The highest BCUT2D eigenvalue weighted by atomic mass is 35.5. The van der Waals surface area contributed by atoms with Gasteiger partial charge in [-0.25, -0.2) is 15.0 Å². The van der Waals surface area contributed by atoms with E-state index in [0.717, 1.165) is 38.8 Å². The maximum absolute atomic E-state index is 12.5. The Balaban J connectivity index is 0.000000248. The summed E-state index contributed by atoms with van der Waals surface area (Å²) in [4.78, 5) is 66.9. The fourth-order valence-electron chi connectivity index (χ4n) is 5.68. The van der Waals surface area contributed by atoms with Crippen LogP contribution in [0.25, 0.3) is 0 Å². The van der Waals surface area contributed by atoms with Crippen molar-refractivity contribution in [3.63, 3.8) is 0 Å². The van der Waals surface area contributed by atoms with Crippen molar-refractivity contribution in [2.45, 2.75) is 71.1 Å². The fraction of sp³-hybridized carbons (Fsp3) is 0.385. The minimum Gasteiger partial charge on any atom is -0.383 e. The zero-order chi connectivity index (χ0) is 40.9. The van der Waals surface area contributed by atoms with E-state index in [9.17, 15) is 23.4 Å². The van der Waals surface area contributed by atoms with Gasteiger partial charge in [0.1, 0.15) is 11.6 Å². The summed E-state index contributed by atoms with van der Waals surface area (Å²) in [6, 6.07) is 13.5. The van der Waals surface area contributed by atoms with E-state index in [1.807, 2.05) is 9.80 Å². The van der Waals surface area contributed by atoms with Crippen LogP contribution in [0.1, 0.15) is 85.7 Å². The van der Waals surface area contributed by atoms with Gasteiger partial charge >= 0.3 is 0 Å². The number of nitrogens with one attached hydrogen (secondary N) is 1. The summed E-state index contributed by atoms with van der Waals surface area (Å²) >= 11 is 11.6. The molecule has 57 heavy (non-hydrogen) atoms. The number of hydrogen-bond donors (Lipinski definition) is 4. The van der Waals surface area contributed by atoms with Crippen molar-refractivity contribution in [2.24, 2.45) is 5.73 Å². The third kappa shape index (κ3) is 13.6. The Bertz CT molecular complexity index is 2020. The lowest BCUT2D eigenvalue weighted by Crippen LogP contribution is -2.41. The van der Waals surface area contributed by atoms with Crippen molar-refractivity contribution in [1.29, 1.82) is 0 Å². The molecule has 0 bridgehead atoms. The topological polar surface area (TPSA) is 233 Å². The lowest BCUT2D eigenvalue weighted by molar-refractivity contribution is -0.130. The van der Waals surface area contributed by atoms with Crippen LogP contribution >= 0.6 is 23.2 Å². The largest absolute Gasteiger partial charge is 0.383 e. The van der Waals surface area contributed by atoms with Crippen LogP contribution in [0.3, 0.4) is 0 Å². The first-order chi connectivity index (χ1) is 26.7. The number of carbonyl (C=O) groups is 4. The molecule has 306 valence electrons. The molecule has 0 aliphatic carbocycles. The Morgan fingerprint density at radius 2 is 1.16 bits per heavy atom. The Morgan fingerprint density at radius 1 is 0.737 bits per heavy atom. The number of nitrogens with zero attached hydrogens (tertiary/aromatic N) is 6. The van der Waals surface area contributed by atoms with E-state index in [0.29, 0.717) is 52.0 Å². The Labute approximate surface area is 345 Å². The van der Waals surface area contributed by atoms with E-state index < -0.39 is 10.8 Å². The van der Waals surface area contributed by atoms with Crippen LogP contribution < -0.4 is 22.5 Å². The maximum Gasteiger partial charge on any atom is 0.224 e. The third-order valence-electron chi connectivity index (χ3n) is 9.04. The number of amides is 2. The number of piperidine rings is 2. The molecule has 2 aliphatic heterocycles. The number of halogens is 2. The Morgan fingerprint density at radius 3 is 1.56 bits per heavy atom. The molecule has 0 spiro atoms. The predicted octanol–water partition coefficient (Wildman–Crippen LogP) is 5.03. The standard InChI is InChI=1S/C18H20ClN5O2.C13H12ClN3O2S.C7H14N2O.CH4/c1-11(25)24-8-6-14(7-9-24)22-18-21-10-15(17(20)23-18)16(26)12-2-4-13(19)5-3-12;1-2-20(19)13-16-7-10(12(15)17-13)11(18)8-3-5-9(14)6-4-8;1-6(10)9-4-2-7(8)3-5-9;/h2-5,10,14H,6-9H2,1H3,(H3,20,21,22,23);3-7H,2H2,1H3,(H2,15,16,17);7H,2-5,8H2,1H3;1H4. The molecular weight excluding hydrogens is 791 g/mol. The number of rotatable bonds is 8. The van der Waals surface area contributed by atoms with Crippen LogP contribution in [-0.2, 0) is 20.4 Å². The summed E-state index contributed by atoms with van der Waals surface area (Å²) in [6.07, 6.45) is 6.29. The molecule has 7 N–H and O–H groups in total. The summed E-state index contributed by atoms with van der Waals surface area (Å²) in [6.45, 7) is 8.03. The van der Waals surface area contributed by atoms with Gasteiger partial charge in [0.15, 0.2) is 11.6 Å². The molecule has 1 atom stereocenters. The zero-order valence-corrected chi connectivity index (χ0v) is 33.7. The molecule has 2 aromatic carbocycles. The van der Waals surface area contributed by atoms with Crippen molar-refractivity contribution in [3.05, 3.63) is 93.2 Å². The van der Waals surface area contributed by atoms with Gasteiger partial charge in [-0.2, -0.15) is 4.98 Å². The number of aromatic nitrogens is 4. The van der Waals surface area contributed by atoms with E-state index in [1.54, 1.807) is 69.3 Å². The molecule has 0 saturated carbocycles. The maximum atomic E-state index is 12.5. The molecule has 2 saturated heterocycles. The molecular formula is C39H50Cl2N10O5S. The van der Waals surface area contributed by atoms with E-state index in [1.165, 1.54) is 12.4 Å². The molecule has 4 aromatic rings. The van der Waals surface area contributed by atoms with E-state index in [-0.39, 0.29) is 64.8 Å². The highest BCUT2D eigenvalue weighted by Crippen LogP contribution is 2.21. The van der Waals surface area contributed by atoms with Gasteiger partial charge < -0.3 is 32.3 Å². The average molecular weight is 842 g/mol. The summed E-state index contributed by atoms with van der Waals surface area (Å²) in [7, 11) is -1.30. The molecule has 2 fully saturated rings. The first kappa shape index (κ1) is 46.4. The number of anilines is 3. The molecule has 1 unspecified atom stereocenters. The second-order valence-electron chi connectivity index (χ2n) is 13.0. The van der Waals surface area contributed by atoms with Gasteiger partial charge in [-0.05, 0) is 74.2 Å². The number of benzene rings is 2. The number of nitrogen functional groups attached to an aromatic ring is 2. The van der Waals surface area contributed by atoms with Crippen molar-refractivity contribution < 1.29 is 23.4 Å². The summed E-state index contributed by atoms with van der Waals surface area (Å²) in [5.41, 5.74) is 18.7. The molecule has 0 radical (unpaired) electrons. The number of likely N-dealkylation sites (tertiary alicyclic amines) is 2. The second-order valence-corrected chi connectivity index (χ2v) is 15.5. The molecule has 15 nitrogen and oxygen atoms in total. The highest BCUT2D eigenvalue weighted by Gasteiger charge is 2.22. The van der Waals surface area contributed by atoms with Crippen LogP contribution in [-0.4, -0.2) is 101 Å². The number of nitrogens with two attached hydrogens (primary N) is 3. The predicted molar refractivity (Wildman–Crippen MR) is 225 cm³/mol. The van der Waals surface area contributed by atoms with Crippen molar-refractivity contribution in [1.82, 2.24) is 29.7 Å². The van der Waals surface area contributed by atoms with Crippen molar-refractivity contribution >= 4 is 75.0 Å². The number of ketones is 2. The van der Waals surface area contributed by atoms with Crippen molar-refractivity contribution in [3.8, 4) is 0 Å². The molecule has 2 amide bonds. The average Bonchev–Trinajstić information content (AvgIpc) is 3.18. The number of carbonyl (C=O) groups excluding carboxylic acids is 4. The lowest BCUT2D eigenvalue weighted by Gasteiger charge is -2.31. The van der Waals surface area contributed by atoms with Crippen LogP contribution in [0.15, 0.2) is 66.1 Å². The molecule has 6 rings (SSSR count). The van der Waals surface area contributed by atoms with E-state index in [2.05, 4.69) is 25.3 Å². The highest BCUT2D eigenvalue weighted by molar-refractivity contribution is 7.84. The second kappa shape index (κ2) is 22.1.